The van der Waals surface area contributed by atoms with Gasteiger partial charge in [0.05, 0.1) is 23.6 Å². The maximum atomic E-state index is 13.7. The van der Waals surface area contributed by atoms with Gasteiger partial charge < -0.3 is 4.57 Å². The minimum absolute atomic E-state index is 0.291. The lowest BCUT2D eigenvalue weighted by atomic mass is 10.0. The van der Waals surface area contributed by atoms with E-state index in [0.29, 0.717) is 12.3 Å². The number of hydrogen-bond donors (Lipinski definition) is 0. The first-order valence-corrected chi connectivity index (χ1v) is 6.61. The molecule has 3 aromatic rings. The van der Waals surface area contributed by atoms with Crippen molar-refractivity contribution in [3.8, 4) is 5.69 Å². The first-order valence-electron chi connectivity index (χ1n) is 6.61. The van der Waals surface area contributed by atoms with Crippen molar-refractivity contribution in [3.63, 3.8) is 0 Å². The lowest BCUT2D eigenvalue weighted by molar-refractivity contribution is 0.627. The molecule has 1 aliphatic heterocycles. The van der Waals surface area contributed by atoms with Gasteiger partial charge in [0.15, 0.2) is 0 Å². The van der Waals surface area contributed by atoms with Crippen LogP contribution < -0.4 is 0 Å². The molecule has 102 valence electrons. The fourth-order valence-corrected chi connectivity index (χ4v) is 2.54. The van der Waals surface area contributed by atoms with Gasteiger partial charge in [-0.25, -0.2) is 9.37 Å². The third-order valence-electron chi connectivity index (χ3n) is 3.48. The zero-order valence-corrected chi connectivity index (χ0v) is 11.1. The Hall–Kier alpha value is -2.82. The molecule has 4 rings (SSSR count). The molecule has 0 unspecified atom stereocenters. The molecule has 0 amide bonds. The number of rotatable bonds is 1. The Morgan fingerprint density at radius 3 is 2.86 bits per heavy atom. The maximum absolute atomic E-state index is 13.7. The van der Waals surface area contributed by atoms with Crippen LogP contribution in [0.25, 0.3) is 5.69 Å². The molecule has 0 aliphatic carbocycles. The largest absolute Gasteiger partial charge is 0.302 e. The highest BCUT2D eigenvalue weighted by molar-refractivity contribution is 6.14. The number of aliphatic imine (C=N–C) groups is 1. The first-order chi connectivity index (χ1) is 10.3. The van der Waals surface area contributed by atoms with Gasteiger partial charge in [0.25, 0.3) is 0 Å². The molecule has 2 aromatic heterocycles. The van der Waals surface area contributed by atoms with Gasteiger partial charge in [-0.15, -0.1) is 0 Å². The van der Waals surface area contributed by atoms with Gasteiger partial charge in [-0.2, -0.15) is 0 Å². The quantitative estimate of drug-likeness (QED) is 0.687. The normalized spacial score (nSPS) is 13.1. The van der Waals surface area contributed by atoms with Gasteiger partial charge in [0, 0.05) is 24.2 Å². The van der Waals surface area contributed by atoms with Crippen LogP contribution >= 0.6 is 0 Å². The van der Waals surface area contributed by atoms with Crippen molar-refractivity contribution >= 4 is 5.71 Å². The summed E-state index contributed by atoms with van der Waals surface area (Å²) in [5.74, 6) is 0.537. The summed E-state index contributed by atoms with van der Waals surface area (Å²) in [6, 6.07) is 10.3. The molecule has 0 bridgehead atoms. The van der Waals surface area contributed by atoms with Crippen LogP contribution in [0.4, 0.5) is 4.39 Å². The van der Waals surface area contributed by atoms with Crippen LogP contribution in [-0.4, -0.2) is 20.2 Å². The Bertz CT molecular complexity index is 836. The van der Waals surface area contributed by atoms with Crippen molar-refractivity contribution in [1.29, 1.82) is 0 Å². The summed E-state index contributed by atoms with van der Waals surface area (Å²) < 4.78 is 15.7. The average Bonchev–Trinajstić information content (AvgIpc) is 2.92. The lowest BCUT2D eigenvalue weighted by Gasteiger charge is -2.11. The summed E-state index contributed by atoms with van der Waals surface area (Å²) >= 11 is 0. The Morgan fingerprint density at radius 1 is 1.05 bits per heavy atom. The number of hydrogen-bond acceptors (Lipinski definition) is 3. The Labute approximate surface area is 120 Å². The van der Waals surface area contributed by atoms with E-state index < -0.39 is 0 Å². The fourth-order valence-electron chi connectivity index (χ4n) is 2.54. The summed E-state index contributed by atoms with van der Waals surface area (Å²) in [5, 5.41) is 0. The van der Waals surface area contributed by atoms with Crippen molar-refractivity contribution in [2.24, 2.45) is 4.99 Å². The molecular weight excluding hydrogens is 267 g/mol. The molecule has 0 radical (unpaired) electrons. The number of imidazole rings is 1. The van der Waals surface area contributed by atoms with Crippen LogP contribution in [0.3, 0.4) is 0 Å². The fraction of sp³-hybridized carbons (Fsp3) is 0.0625. The third kappa shape index (κ3) is 1.94. The summed E-state index contributed by atoms with van der Waals surface area (Å²) in [5.41, 5.74) is 3.02. The molecule has 0 saturated carbocycles. The van der Waals surface area contributed by atoms with Crippen molar-refractivity contribution < 1.29 is 4.39 Å². The molecule has 1 aromatic carbocycles. The number of halogens is 1. The van der Waals surface area contributed by atoms with E-state index in [4.69, 9.17) is 0 Å². The summed E-state index contributed by atoms with van der Waals surface area (Å²) in [6.45, 7) is 0.440. The van der Waals surface area contributed by atoms with Crippen molar-refractivity contribution in [3.05, 3.63) is 77.9 Å². The van der Waals surface area contributed by atoms with E-state index in [1.165, 1.54) is 12.1 Å². The lowest BCUT2D eigenvalue weighted by Crippen LogP contribution is -2.08. The van der Waals surface area contributed by atoms with Gasteiger partial charge in [-0.3, -0.25) is 9.98 Å². The molecule has 21 heavy (non-hydrogen) atoms. The van der Waals surface area contributed by atoms with E-state index >= 15 is 0 Å². The highest BCUT2D eigenvalue weighted by Crippen LogP contribution is 2.24. The molecule has 0 fully saturated rings. The van der Waals surface area contributed by atoms with Gasteiger partial charge in [0.2, 0.25) is 0 Å². The first kappa shape index (κ1) is 12.0. The van der Waals surface area contributed by atoms with Crippen LogP contribution in [0.2, 0.25) is 0 Å². The standard InChI is InChI=1S/C16H11FN4/c17-11-4-5-14-12(9-11)16(13-3-1-2-6-18-13)20-10-15-19-7-8-21(14)15/h1-9H,10H2. The van der Waals surface area contributed by atoms with E-state index in [-0.39, 0.29) is 5.82 Å². The number of benzene rings is 1. The van der Waals surface area contributed by atoms with Crippen molar-refractivity contribution in [1.82, 2.24) is 14.5 Å². The van der Waals surface area contributed by atoms with Crippen LogP contribution in [0.15, 0.2) is 60.0 Å². The van der Waals surface area contributed by atoms with E-state index in [9.17, 15) is 4.39 Å². The maximum Gasteiger partial charge on any atom is 0.134 e. The zero-order chi connectivity index (χ0) is 14.2. The second-order valence-electron chi connectivity index (χ2n) is 4.75. The predicted octanol–water partition coefficient (Wildman–Crippen LogP) is 2.76. The molecule has 3 heterocycles. The minimum Gasteiger partial charge on any atom is -0.302 e. The summed E-state index contributed by atoms with van der Waals surface area (Å²) in [7, 11) is 0. The molecule has 0 atom stereocenters. The van der Waals surface area contributed by atoms with Crippen LogP contribution in [0.1, 0.15) is 17.1 Å². The highest BCUT2D eigenvalue weighted by atomic mass is 19.1. The van der Waals surface area contributed by atoms with Crippen LogP contribution in [0, 0.1) is 5.82 Å². The SMILES string of the molecule is Fc1ccc2c(c1)C(c1ccccn1)=NCc1nccn1-2. The second kappa shape index (κ2) is 4.63. The van der Waals surface area contributed by atoms with Gasteiger partial charge >= 0.3 is 0 Å². The smallest absolute Gasteiger partial charge is 0.134 e. The Balaban J connectivity index is 2.00. The molecular formula is C16H11FN4. The predicted molar refractivity (Wildman–Crippen MR) is 77.1 cm³/mol. The van der Waals surface area contributed by atoms with Gasteiger partial charge in [-0.1, -0.05) is 6.07 Å². The number of nitrogens with zero attached hydrogens (tertiary/aromatic N) is 4. The third-order valence-corrected chi connectivity index (χ3v) is 3.48. The van der Waals surface area contributed by atoms with E-state index in [1.54, 1.807) is 18.5 Å². The average molecular weight is 278 g/mol. The monoisotopic (exact) mass is 278 g/mol. The van der Waals surface area contributed by atoms with E-state index in [1.807, 2.05) is 29.0 Å². The molecule has 0 saturated heterocycles. The number of fused-ring (bicyclic) bond motifs is 3. The molecule has 5 heteroatoms. The highest BCUT2D eigenvalue weighted by Gasteiger charge is 2.20. The summed E-state index contributed by atoms with van der Waals surface area (Å²) in [4.78, 5) is 13.2. The number of pyridine rings is 1. The second-order valence-corrected chi connectivity index (χ2v) is 4.75. The zero-order valence-electron chi connectivity index (χ0n) is 11.1. The van der Waals surface area contributed by atoms with Crippen molar-refractivity contribution in [2.75, 3.05) is 0 Å². The molecule has 1 aliphatic rings. The van der Waals surface area contributed by atoms with E-state index in [2.05, 4.69) is 15.0 Å². The minimum atomic E-state index is -0.291. The van der Waals surface area contributed by atoms with Gasteiger partial charge in [0.1, 0.15) is 11.6 Å². The molecule has 4 nitrogen and oxygen atoms in total. The Morgan fingerprint density at radius 2 is 2.00 bits per heavy atom. The summed E-state index contributed by atoms with van der Waals surface area (Å²) in [6.07, 6.45) is 5.30. The van der Waals surface area contributed by atoms with Crippen molar-refractivity contribution in [2.45, 2.75) is 6.54 Å². The van der Waals surface area contributed by atoms with Gasteiger partial charge in [-0.05, 0) is 30.3 Å². The van der Waals surface area contributed by atoms with E-state index in [0.717, 1.165) is 22.8 Å². The Kier molecular flexibility index (Phi) is 2.64. The van der Waals surface area contributed by atoms with Crippen LogP contribution in [-0.2, 0) is 6.54 Å². The molecule has 0 N–H and O–H groups in total. The number of aromatic nitrogens is 3. The topological polar surface area (TPSA) is 43.1 Å². The van der Waals surface area contributed by atoms with Crippen LogP contribution in [0.5, 0.6) is 0 Å². The molecule has 0 spiro atoms.